The Kier molecular flexibility index (Phi) is 5.68. The van der Waals surface area contributed by atoms with Gasteiger partial charge < -0.3 is 19.5 Å². The number of thioether (sulfide) groups is 1. The molecule has 0 saturated carbocycles. The lowest BCUT2D eigenvalue weighted by molar-refractivity contribution is 0.173. The molecule has 6 rings (SSSR count). The van der Waals surface area contributed by atoms with Gasteiger partial charge in [0.15, 0.2) is 23.4 Å². The Balaban J connectivity index is 1.37. The minimum Gasteiger partial charge on any atom is -0.454 e. The smallest absolute Gasteiger partial charge is 0.247 e. The van der Waals surface area contributed by atoms with Gasteiger partial charge in [-0.25, -0.2) is 0 Å². The number of nitrogens with zero attached hydrogens (tertiary/aromatic N) is 3. The molecule has 1 aromatic heterocycles. The van der Waals surface area contributed by atoms with Crippen LogP contribution in [-0.2, 0) is 5.75 Å². The Bertz CT molecular complexity index is 1410. The Morgan fingerprint density at radius 3 is 2.71 bits per heavy atom. The summed E-state index contributed by atoms with van der Waals surface area (Å²) in [6.07, 6.45) is -0.551. The van der Waals surface area contributed by atoms with Gasteiger partial charge in [-0.15, -0.1) is 10.2 Å². The number of fused-ring (bicyclic) bond motifs is 4. The average molecular weight is 556 g/mol. The summed E-state index contributed by atoms with van der Waals surface area (Å²) in [6, 6.07) is 19.3. The zero-order valence-electron chi connectivity index (χ0n) is 17.5. The van der Waals surface area contributed by atoms with Gasteiger partial charge >= 0.3 is 0 Å². The Morgan fingerprint density at radius 2 is 1.82 bits per heavy atom. The van der Waals surface area contributed by atoms with Crippen molar-refractivity contribution >= 4 is 45.0 Å². The number of nitrogens with one attached hydrogen (secondary N) is 1. The summed E-state index contributed by atoms with van der Waals surface area (Å²) in [5, 5.41) is 13.5. The van der Waals surface area contributed by atoms with E-state index in [4.69, 9.17) is 30.8 Å². The highest BCUT2D eigenvalue weighted by Gasteiger charge is 2.29. The number of hydrogen-bond acceptors (Lipinski definition) is 8. The van der Waals surface area contributed by atoms with Crippen molar-refractivity contribution in [2.24, 2.45) is 0 Å². The third-order valence-corrected chi connectivity index (χ3v) is 7.36. The Labute approximate surface area is 212 Å². The summed E-state index contributed by atoms with van der Waals surface area (Å²) >= 11 is 11.4. The minimum atomic E-state index is -0.551. The molecule has 0 aliphatic carbocycles. The minimum absolute atomic E-state index is 0.193. The molecule has 0 spiro atoms. The number of ether oxygens (including phenoxy) is 3. The first-order valence-electron chi connectivity index (χ1n) is 10.4. The molecule has 34 heavy (non-hydrogen) atoms. The van der Waals surface area contributed by atoms with Crippen LogP contribution in [0.15, 0.2) is 70.3 Å². The van der Waals surface area contributed by atoms with E-state index in [-0.39, 0.29) is 6.79 Å². The predicted octanol–water partition coefficient (Wildman–Crippen LogP) is 6.48. The fourth-order valence-corrected chi connectivity index (χ4v) is 5.34. The van der Waals surface area contributed by atoms with E-state index in [0.29, 0.717) is 39.0 Å². The predicted molar refractivity (Wildman–Crippen MR) is 134 cm³/mol. The van der Waals surface area contributed by atoms with Crippen LogP contribution in [-0.4, -0.2) is 22.0 Å². The van der Waals surface area contributed by atoms with Gasteiger partial charge in [0.1, 0.15) is 0 Å². The van der Waals surface area contributed by atoms with Crippen molar-refractivity contribution in [1.29, 1.82) is 0 Å². The average Bonchev–Trinajstić information content (AvgIpc) is 3.23. The molecule has 1 N–H and O–H groups in total. The maximum Gasteiger partial charge on any atom is 0.247 e. The molecule has 170 valence electrons. The summed E-state index contributed by atoms with van der Waals surface area (Å²) in [5.74, 6) is 2.36. The zero-order valence-corrected chi connectivity index (χ0v) is 20.7. The first-order chi connectivity index (χ1) is 16.7. The number of para-hydroxylation sites is 1. The maximum absolute atomic E-state index is 6.39. The van der Waals surface area contributed by atoms with Crippen molar-refractivity contribution in [3.63, 3.8) is 0 Å². The summed E-state index contributed by atoms with van der Waals surface area (Å²) < 4.78 is 18.3. The molecule has 4 aromatic rings. The summed E-state index contributed by atoms with van der Waals surface area (Å²) in [4.78, 5) is 4.71. The van der Waals surface area contributed by atoms with Crippen molar-refractivity contribution in [1.82, 2.24) is 15.2 Å². The molecular formula is C24H16BrClN4O3S. The first kappa shape index (κ1) is 21.5. The molecule has 2 aliphatic rings. The third-order valence-electron chi connectivity index (χ3n) is 5.42. The molecule has 0 radical (unpaired) electrons. The van der Waals surface area contributed by atoms with Crippen molar-refractivity contribution in [2.75, 3.05) is 12.1 Å². The van der Waals surface area contributed by atoms with Gasteiger partial charge in [0.25, 0.3) is 0 Å². The molecule has 0 saturated heterocycles. The largest absolute Gasteiger partial charge is 0.454 e. The molecule has 2 aliphatic heterocycles. The SMILES string of the molecule is Clc1ccccc1CSc1nnc2c(n1)O[C@H](c1cc3c(cc1Br)OCO3)Nc1ccccc1-2. The molecule has 7 nitrogen and oxygen atoms in total. The molecule has 1 atom stereocenters. The molecule has 0 fully saturated rings. The highest BCUT2D eigenvalue weighted by molar-refractivity contribution is 9.10. The number of aromatic nitrogens is 3. The number of hydrogen-bond donors (Lipinski definition) is 1. The van der Waals surface area contributed by atoms with Gasteiger partial charge in [-0.1, -0.05) is 75.7 Å². The zero-order chi connectivity index (χ0) is 23.1. The Morgan fingerprint density at radius 1 is 1.03 bits per heavy atom. The van der Waals surface area contributed by atoms with Gasteiger partial charge in [0.2, 0.25) is 17.8 Å². The van der Waals surface area contributed by atoms with E-state index in [1.54, 1.807) is 0 Å². The van der Waals surface area contributed by atoms with Gasteiger partial charge in [0.05, 0.1) is 0 Å². The number of halogens is 2. The molecule has 3 aromatic carbocycles. The summed E-state index contributed by atoms with van der Waals surface area (Å²) in [5.41, 5.74) is 4.14. The quantitative estimate of drug-likeness (QED) is 0.287. The Hall–Kier alpha value is -3.01. The normalized spacial score (nSPS) is 15.5. The van der Waals surface area contributed by atoms with Crippen LogP contribution in [0.1, 0.15) is 17.4 Å². The van der Waals surface area contributed by atoms with E-state index in [2.05, 4.69) is 31.4 Å². The van der Waals surface area contributed by atoms with E-state index in [1.807, 2.05) is 60.7 Å². The molecule has 3 heterocycles. The van der Waals surface area contributed by atoms with E-state index in [9.17, 15) is 0 Å². The van der Waals surface area contributed by atoms with Gasteiger partial charge in [0, 0.05) is 32.1 Å². The fourth-order valence-electron chi connectivity index (χ4n) is 3.74. The topological polar surface area (TPSA) is 78.4 Å². The second-order valence-electron chi connectivity index (χ2n) is 7.54. The molecule has 0 unspecified atom stereocenters. The van der Waals surface area contributed by atoms with Crippen LogP contribution in [0.4, 0.5) is 5.69 Å². The van der Waals surface area contributed by atoms with Crippen LogP contribution in [0.3, 0.4) is 0 Å². The van der Waals surface area contributed by atoms with E-state index < -0.39 is 6.23 Å². The van der Waals surface area contributed by atoms with Crippen LogP contribution >= 0.6 is 39.3 Å². The first-order valence-corrected chi connectivity index (χ1v) is 12.5. The van der Waals surface area contributed by atoms with Crippen molar-refractivity contribution in [3.05, 3.63) is 81.3 Å². The van der Waals surface area contributed by atoms with Crippen LogP contribution in [0.2, 0.25) is 5.02 Å². The monoisotopic (exact) mass is 554 g/mol. The standard InChI is InChI=1S/C24H16BrClN4O3S/c25-16-10-20-19(31-12-32-20)9-15(16)22-27-18-8-4-2-6-14(18)21-23(33-22)28-24(30-29-21)34-11-13-5-1-3-7-17(13)26/h1-10,22,27H,11-12H2/t22-/m1/s1. The van der Waals surface area contributed by atoms with E-state index >= 15 is 0 Å². The summed E-state index contributed by atoms with van der Waals surface area (Å²) in [7, 11) is 0. The van der Waals surface area contributed by atoms with Gasteiger partial charge in [-0.05, 0) is 29.8 Å². The number of anilines is 1. The molecule has 10 heteroatoms. The van der Waals surface area contributed by atoms with Crippen molar-refractivity contribution in [2.45, 2.75) is 17.1 Å². The van der Waals surface area contributed by atoms with Crippen LogP contribution < -0.4 is 19.5 Å². The summed E-state index contributed by atoms with van der Waals surface area (Å²) in [6.45, 7) is 0.193. The van der Waals surface area contributed by atoms with Crippen molar-refractivity contribution < 1.29 is 14.2 Å². The van der Waals surface area contributed by atoms with Gasteiger partial charge in [-0.3, -0.25) is 0 Å². The molecule has 0 bridgehead atoms. The lowest BCUT2D eigenvalue weighted by Crippen LogP contribution is -2.17. The van der Waals surface area contributed by atoms with E-state index in [0.717, 1.165) is 26.9 Å². The van der Waals surface area contributed by atoms with Crippen LogP contribution in [0.5, 0.6) is 17.4 Å². The fraction of sp³-hybridized carbons (Fsp3) is 0.125. The van der Waals surface area contributed by atoms with Crippen LogP contribution in [0, 0.1) is 0 Å². The lowest BCUT2D eigenvalue weighted by Gasteiger charge is -2.20. The van der Waals surface area contributed by atoms with Crippen LogP contribution in [0.25, 0.3) is 11.3 Å². The lowest BCUT2D eigenvalue weighted by atomic mass is 10.1. The second kappa shape index (κ2) is 8.98. The molecular weight excluding hydrogens is 540 g/mol. The highest BCUT2D eigenvalue weighted by Crippen LogP contribution is 2.44. The number of benzene rings is 3. The highest BCUT2D eigenvalue weighted by atomic mass is 79.9. The van der Waals surface area contributed by atoms with E-state index in [1.165, 1.54) is 11.8 Å². The third kappa shape index (κ3) is 4.04. The molecule has 0 amide bonds. The second-order valence-corrected chi connectivity index (χ2v) is 9.75. The number of rotatable bonds is 4. The van der Waals surface area contributed by atoms with Crippen molar-refractivity contribution in [3.8, 4) is 28.6 Å². The van der Waals surface area contributed by atoms with Gasteiger partial charge in [-0.2, -0.15) is 4.98 Å². The maximum atomic E-state index is 6.39.